The molecule has 3 heterocycles. The van der Waals surface area contributed by atoms with E-state index in [1.54, 1.807) is 17.6 Å². The van der Waals surface area contributed by atoms with Gasteiger partial charge in [-0.2, -0.15) is 9.30 Å². The number of rotatable bonds is 6. The van der Waals surface area contributed by atoms with Gasteiger partial charge in [0.25, 0.3) is 15.9 Å². The summed E-state index contributed by atoms with van der Waals surface area (Å²) in [5, 5.41) is 0. The standard InChI is InChI=1S/C21H22ClN3O5S3/c1-2-30-18(26)13-25-15-7-3-4-8-16(15)31-21(25)23-20(27)14-6-5-11-24(12-14)33(28,29)19-10-9-17(22)32-19/h3-4,7-10,14H,2,5-6,11-13H2,1H3. The van der Waals surface area contributed by atoms with Gasteiger partial charge in [0.15, 0.2) is 4.80 Å². The summed E-state index contributed by atoms with van der Waals surface area (Å²) in [4.78, 5) is 29.9. The zero-order chi connectivity index (χ0) is 23.6. The van der Waals surface area contributed by atoms with E-state index < -0.39 is 27.8 Å². The lowest BCUT2D eigenvalue weighted by molar-refractivity contribution is -0.143. The van der Waals surface area contributed by atoms with Crippen molar-refractivity contribution in [2.45, 2.75) is 30.5 Å². The highest BCUT2D eigenvalue weighted by Gasteiger charge is 2.34. The van der Waals surface area contributed by atoms with Crippen molar-refractivity contribution in [3.63, 3.8) is 0 Å². The van der Waals surface area contributed by atoms with E-state index in [1.165, 1.54) is 21.7 Å². The molecule has 0 spiro atoms. The number of nitrogens with zero attached hydrogens (tertiary/aromatic N) is 3. The fourth-order valence-corrected chi connectivity index (χ4v) is 7.90. The number of ether oxygens (including phenoxy) is 1. The summed E-state index contributed by atoms with van der Waals surface area (Å²) < 4.78 is 35.4. The first-order valence-electron chi connectivity index (χ1n) is 10.4. The first-order valence-corrected chi connectivity index (χ1v) is 13.8. The number of aromatic nitrogens is 1. The van der Waals surface area contributed by atoms with Gasteiger partial charge in [0.05, 0.1) is 27.1 Å². The van der Waals surface area contributed by atoms with Gasteiger partial charge in [-0.15, -0.1) is 11.3 Å². The monoisotopic (exact) mass is 527 g/mol. The van der Waals surface area contributed by atoms with Crippen molar-refractivity contribution in [1.29, 1.82) is 0 Å². The SMILES string of the molecule is CCOC(=O)Cn1c(=NC(=O)C2CCCN(S(=O)(=O)c3ccc(Cl)s3)C2)sc2ccccc21. The zero-order valence-corrected chi connectivity index (χ0v) is 21.0. The Bertz CT molecular complexity index is 1360. The van der Waals surface area contributed by atoms with Gasteiger partial charge in [-0.3, -0.25) is 9.59 Å². The average molecular weight is 528 g/mol. The predicted molar refractivity (Wildman–Crippen MR) is 128 cm³/mol. The molecule has 12 heteroatoms. The fourth-order valence-electron chi connectivity index (χ4n) is 3.71. The number of thiazole rings is 1. The van der Waals surface area contributed by atoms with Crippen molar-refractivity contribution in [1.82, 2.24) is 8.87 Å². The molecule has 4 rings (SSSR count). The van der Waals surface area contributed by atoms with Crippen molar-refractivity contribution in [3.8, 4) is 0 Å². The van der Waals surface area contributed by atoms with Crippen LogP contribution in [0.2, 0.25) is 4.34 Å². The molecule has 0 N–H and O–H groups in total. The maximum atomic E-state index is 13.1. The van der Waals surface area contributed by atoms with Crippen LogP contribution in [0.4, 0.5) is 0 Å². The normalized spacial score (nSPS) is 18.0. The minimum absolute atomic E-state index is 0.0585. The van der Waals surface area contributed by atoms with Crippen LogP contribution in [0, 0.1) is 5.92 Å². The van der Waals surface area contributed by atoms with E-state index in [9.17, 15) is 18.0 Å². The van der Waals surface area contributed by atoms with Crippen LogP contribution in [0.3, 0.4) is 0 Å². The number of fused-ring (bicyclic) bond motifs is 1. The number of hydrogen-bond acceptors (Lipinski definition) is 7. The lowest BCUT2D eigenvalue weighted by atomic mass is 9.99. The minimum atomic E-state index is -3.72. The van der Waals surface area contributed by atoms with Gasteiger partial charge in [-0.25, -0.2) is 8.42 Å². The molecule has 8 nitrogen and oxygen atoms in total. The molecule has 0 saturated carbocycles. The average Bonchev–Trinajstić information content (AvgIpc) is 3.38. The quantitative estimate of drug-likeness (QED) is 0.457. The summed E-state index contributed by atoms with van der Waals surface area (Å²) in [5.41, 5.74) is 0.782. The van der Waals surface area contributed by atoms with Gasteiger partial charge in [0, 0.05) is 13.1 Å². The third kappa shape index (κ3) is 5.22. The smallest absolute Gasteiger partial charge is 0.326 e. The Morgan fingerprint density at radius 1 is 1.21 bits per heavy atom. The first-order chi connectivity index (χ1) is 15.8. The van der Waals surface area contributed by atoms with Crippen LogP contribution in [-0.4, -0.2) is 48.9 Å². The summed E-state index contributed by atoms with van der Waals surface area (Å²) in [5.74, 6) is -1.38. The summed E-state index contributed by atoms with van der Waals surface area (Å²) in [6, 6.07) is 10.5. The number of amides is 1. The van der Waals surface area contributed by atoms with Crippen LogP contribution in [0.1, 0.15) is 19.8 Å². The largest absolute Gasteiger partial charge is 0.465 e. The molecule has 0 bridgehead atoms. The molecule has 176 valence electrons. The molecule has 0 radical (unpaired) electrons. The Morgan fingerprint density at radius 3 is 2.73 bits per heavy atom. The van der Waals surface area contributed by atoms with E-state index in [2.05, 4.69) is 4.99 Å². The third-order valence-electron chi connectivity index (χ3n) is 5.26. The van der Waals surface area contributed by atoms with Crippen molar-refractivity contribution in [2.75, 3.05) is 19.7 Å². The van der Waals surface area contributed by atoms with E-state index in [4.69, 9.17) is 16.3 Å². The Labute approximate surface area is 204 Å². The van der Waals surface area contributed by atoms with Crippen LogP contribution < -0.4 is 4.80 Å². The first kappa shape index (κ1) is 24.1. The highest BCUT2D eigenvalue weighted by molar-refractivity contribution is 7.91. The van der Waals surface area contributed by atoms with E-state index in [1.807, 2.05) is 24.3 Å². The molecule has 2 aromatic heterocycles. The highest BCUT2D eigenvalue weighted by atomic mass is 35.5. The molecular formula is C21H22ClN3O5S3. The molecule has 1 unspecified atom stereocenters. The summed E-state index contributed by atoms with van der Waals surface area (Å²) in [7, 11) is -3.72. The second-order valence-corrected chi connectivity index (χ2v) is 12.3. The van der Waals surface area contributed by atoms with Gasteiger partial charge >= 0.3 is 5.97 Å². The van der Waals surface area contributed by atoms with Crippen LogP contribution in [0.15, 0.2) is 45.6 Å². The number of para-hydroxylation sites is 1. The number of piperidine rings is 1. The van der Waals surface area contributed by atoms with Gasteiger partial charge in [0.2, 0.25) is 0 Å². The van der Waals surface area contributed by atoms with Gasteiger partial charge in [0.1, 0.15) is 10.8 Å². The highest BCUT2D eigenvalue weighted by Crippen LogP contribution is 2.31. The molecule has 0 aliphatic carbocycles. The van der Waals surface area contributed by atoms with E-state index in [-0.39, 0.29) is 23.9 Å². The Kier molecular flexibility index (Phi) is 7.34. The number of esters is 1. The summed E-state index contributed by atoms with van der Waals surface area (Å²) >= 11 is 8.21. The van der Waals surface area contributed by atoms with Crippen LogP contribution >= 0.6 is 34.3 Å². The zero-order valence-electron chi connectivity index (χ0n) is 17.8. The summed E-state index contributed by atoms with van der Waals surface area (Å²) in [6.45, 7) is 2.33. The second kappa shape index (κ2) is 10.1. The van der Waals surface area contributed by atoms with Crippen LogP contribution in [0.25, 0.3) is 10.2 Å². The number of thiophene rings is 1. The van der Waals surface area contributed by atoms with Crippen molar-refractivity contribution in [3.05, 3.63) is 45.5 Å². The molecule has 1 aliphatic rings. The van der Waals surface area contributed by atoms with Crippen LogP contribution in [-0.2, 0) is 30.9 Å². The molecule has 33 heavy (non-hydrogen) atoms. The second-order valence-electron chi connectivity index (χ2n) is 7.45. The maximum Gasteiger partial charge on any atom is 0.326 e. The maximum absolute atomic E-state index is 13.1. The van der Waals surface area contributed by atoms with Gasteiger partial charge < -0.3 is 9.30 Å². The van der Waals surface area contributed by atoms with Crippen molar-refractivity contribution < 1.29 is 22.7 Å². The van der Waals surface area contributed by atoms with E-state index in [0.717, 1.165) is 21.6 Å². The summed E-state index contributed by atoms with van der Waals surface area (Å²) in [6.07, 6.45) is 1.10. The molecule has 1 fully saturated rings. The topological polar surface area (TPSA) is 98.0 Å². The molecular weight excluding hydrogens is 506 g/mol. The molecule has 1 atom stereocenters. The number of halogens is 1. The van der Waals surface area contributed by atoms with Crippen molar-refractivity contribution >= 4 is 66.4 Å². The minimum Gasteiger partial charge on any atom is -0.465 e. The molecule has 1 saturated heterocycles. The molecule has 1 aliphatic heterocycles. The molecule has 3 aromatic rings. The molecule has 1 amide bonds. The van der Waals surface area contributed by atoms with E-state index >= 15 is 0 Å². The number of carbonyl (C=O) groups is 2. The molecule has 1 aromatic carbocycles. The van der Waals surface area contributed by atoms with Gasteiger partial charge in [-0.1, -0.05) is 35.1 Å². The Hall–Kier alpha value is -2.05. The third-order valence-corrected chi connectivity index (χ3v) is 9.89. The Morgan fingerprint density at radius 2 is 2.00 bits per heavy atom. The fraction of sp³-hybridized carbons (Fsp3) is 0.381. The lowest BCUT2D eigenvalue weighted by Crippen LogP contribution is -2.42. The number of carbonyl (C=O) groups excluding carboxylic acids is 2. The Balaban J connectivity index is 1.62. The van der Waals surface area contributed by atoms with E-state index in [0.29, 0.717) is 28.5 Å². The predicted octanol–water partition coefficient (Wildman–Crippen LogP) is 3.51. The number of sulfonamides is 1. The van der Waals surface area contributed by atoms with Crippen LogP contribution in [0.5, 0.6) is 0 Å². The number of hydrogen-bond donors (Lipinski definition) is 0. The number of benzene rings is 1. The lowest BCUT2D eigenvalue weighted by Gasteiger charge is -2.29. The van der Waals surface area contributed by atoms with Gasteiger partial charge in [-0.05, 0) is 44.0 Å². The van der Waals surface area contributed by atoms with Crippen molar-refractivity contribution in [2.24, 2.45) is 10.9 Å².